The lowest BCUT2D eigenvalue weighted by Crippen LogP contribution is -2.50. The van der Waals surface area contributed by atoms with Gasteiger partial charge in [-0.3, -0.25) is 14.4 Å². The van der Waals surface area contributed by atoms with Crippen LogP contribution in [-0.4, -0.2) is 48.4 Å². The van der Waals surface area contributed by atoms with Crippen molar-refractivity contribution >= 4 is 28.4 Å². The van der Waals surface area contributed by atoms with Crippen LogP contribution >= 0.6 is 0 Å². The Morgan fingerprint density at radius 2 is 1.82 bits per heavy atom. The molecule has 0 fully saturated rings. The average molecular weight is 377 g/mol. The van der Waals surface area contributed by atoms with Crippen molar-refractivity contribution in [3.8, 4) is 5.75 Å². The second kappa shape index (κ2) is 6.84. The number of para-hydroxylation sites is 3. The molecule has 7 nitrogen and oxygen atoms in total. The maximum absolute atomic E-state index is 13.5. The SMILES string of the molecule is CN(C)C(=O)[C@@H]1CN(C(=O)c2cc(=O)[nH]c3ccccc23)c2ccccc2O1. The van der Waals surface area contributed by atoms with Gasteiger partial charge in [-0.25, -0.2) is 0 Å². The molecule has 3 aromatic rings. The third kappa shape index (κ3) is 3.00. The van der Waals surface area contributed by atoms with Crippen LogP contribution in [0.3, 0.4) is 0 Å². The summed E-state index contributed by atoms with van der Waals surface area (Å²) in [6, 6.07) is 15.5. The minimum Gasteiger partial charge on any atom is -0.476 e. The van der Waals surface area contributed by atoms with E-state index in [0.29, 0.717) is 22.3 Å². The van der Waals surface area contributed by atoms with Gasteiger partial charge >= 0.3 is 0 Å². The lowest BCUT2D eigenvalue weighted by molar-refractivity contribution is -0.135. The van der Waals surface area contributed by atoms with Crippen LogP contribution < -0.4 is 15.2 Å². The quantitative estimate of drug-likeness (QED) is 0.741. The molecule has 7 heteroatoms. The van der Waals surface area contributed by atoms with E-state index in [-0.39, 0.29) is 29.5 Å². The molecule has 2 aromatic carbocycles. The minimum absolute atomic E-state index is 0.0635. The standard InChI is InChI=1S/C21H19N3O4/c1-23(2)21(27)18-12-24(16-9-5-6-10-17(16)28-18)20(26)14-11-19(25)22-15-8-4-3-7-13(14)15/h3-11,18H,12H2,1-2H3,(H,22,25)/t18-/m0/s1. The Hall–Kier alpha value is -3.61. The first-order valence-electron chi connectivity index (χ1n) is 8.86. The molecule has 0 saturated carbocycles. The summed E-state index contributed by atoms with van der Waals surface area (Å²) in [7, 11) is 3.28. The Morgan fingerprint density at radius 3 is 2.61 bits per heavy atom. The number of aromatic nitrogens is 1. The van der Waals surface area contributed by atoms with Crippen molar-refractivity contribution in [1.29, 1.82) is 0 Å². The molecule has 1 aliphatic heterocycles. The second-order valence-electron chi connectivity index (χ2n) is 6.82. The number of ether oxygens (including phenoxy) is 1. The molecule has 1 N–H and O–H groups in total. The monoisotopic (exact) mass is 377 g/mol. The van der Waals surface area contributed by atoms with Crippen LogP contribution in [-0.2, 0) is 4.79 Å². The van der Waals surface area contributed by atoms with E-state index >= 15 is 0 Å². The summed E-state index contributed by atoms with van der Waals surface area (Å²) in [4.78, 5) is 43.7. The van der Waals surface area contributed by atoms with E-state index in [1.54, 1.807) is 56.6 Å². The molecule has 1 atom stereocenters. The first-order valence-corrected chi connectivity index (χ1v) is 8.86. The number of amides is 2. The lowest BCUT2D eigenvalue weighted by atomic mass is 10.1. The molecule has 28 heavy (non-hydrogen) atoms. The predicted molar refractivity (Wildman–Crippen MR) is 106 cm³/mol. The van der Waals surface area contributed by atoms with Gasteiger partial charge in [0, 0.05) is 31.1 Å². The predicted octanol–water partition coefficient (Wildman–Crippen LogP) is 2.02. The maximum atomic E-state index is 13.5. The van der Waals surface area contributed by atoms with E-state index in [1.165, 1.54) is 15.9 Å². The number of pyridine rings is 1. The van der Waals surface area contributed by atoms with Gasteiger partial charge < -0.3 is 19.5 Å². The number of rotatable bonds is 2. The Balaban J connectivity index is 1.83. The molecule has 0 bridgehead atoms. The zero-order valence-corrected chi connectivity index (χ0v) is 15.5. The molecular weight excluding hydrogens is 358 g/mol. The van der Waals surface area contributed by atoms with E-state index in [2.05, 4.69) is 4.98 Å². The number of carbonyl (C=O) groups excluding carboxylic acids is 2. The maximum Gasteiger partial charge on any atom is 0.265 e. The summed E-state index contributed by atoms with van der Waals surface area (Å²) >= 11 is 0. The third-order valence-corrected chi connectivity index (χ3v) is 4.72. The number of hydrogen-bond donors (Lipinski definition) is 1. The minimum atomic E-state index is -0.817. The zero-order valence-electron chi connectivity index (χ0n) is 15.5. The first kappa shape index (κ1) is 17.8. The van der Waals surface area contributed by atoms with E-state index < -0.39 is 6.10 Å². The number of likely N-dealkylation sites (N-methyl/N-ethyl adjacent to an activating group) is 1. The molecule has 0 unspecified atom stereocenters. The largest absolute Gasteiger partial charge is 0.476 e. The Bertz CT molecular complexity index is 1140. The van der Waals surface area contributed by atoms with Crippen LogP contribution in [0.5, 0.6) is 5.75 Å². The number of aromatic amines is 1. The van der Waals surface area contributed by atoms with Crippen LogP contribution in [0.25, 0.3) is 10.9 Å². The number of carbonyl (C=O) groups is 2. The summed E-state index contributed by atoms with van der Waals surface area (Å²) in [6.45, 7) is 0.0635. The van der Waals surface area contributed by atoms with Crippen LogP contribution in [0.1, 0.15) is 10.4 Å². The summed E-state index contributed by atoms with van der Waals surface area (Å²) in [6.07, 6.45) is -0.817. The smallest absolute Gasteiger partial charge is 0.265 e. The highest BCUT2D eigenvalue weighted by molar-refractivity contribution is 6.14. The van der Waals surface area contributed by atoms with Crippen LogP contribution in [0.15, 0.2) is 59.4 Å². The number of nitrogens with zero attached hydrogens (tertiary/aromatic N) is 2. The normalized spacial score (nSPS) is 15.6. The van der Waals surface area contributed by atoms with E-state index in [0.717, 1.165) is 0 Å². The number of hydrogen-bond acceptors (Lipinski definition) is 4. The van der Waals surface area contributed by atoms with Crippen LogP contribution in [0, 0.1) is 0 Å². The Kier molecular flexibility index (Phi) is 4.35. The van der Waals surface area contributed by atoms with Gasteiger partial charge in [-0.2, -0.15) is 0 Å². The zero-order chi connectivity index (χ0) is 19.8. The van der Waals surface area contributed by atoms with E-state index in [1.807, 2.05) is 6.07 Å². The van der Waals surface area contributed by atoms with Crippen molar-refractivity contribution in [2.24, 2.45) is 0 Å². The number of H-pyrrole nitrogens is 1. The van der Waals surface area contributed by atoms with Crippen LogP contribution in [0.4, 0.5) is 5.69 Å². The molecule has 0 saturated heterocycles. The molecule has 2 heterocycles. The van der Waals surface area contributed by atoms with Crippen molar-refractivity contribution in [3.63, 3.8) is 0 Å². The van der Waals surface area contributed by atoms with Crippen molar-refractivity contribution in [2.45, 2.75) is 6.10 Å². The van der Waals surface area contributed by atoms with Gasteiger partial charge in [-0.05, 0) is 18.2 Å². The number of anilines is 1. The highest BCUT2D eigenvalue weighted by atomic mass is 16.5. The Labute approximate surface area is 161 Å². The fourth-order valence-corrected chi connectivity index (χ4v) is 3.37. The van der Waals surface area contributed by atoms with Crippen molar-refractivity contribution in [2.75, 3.05) is 25.5 Å². The van der Waals surface area contributed by atoms with Gasteiger partial charge in [0.15, 0.2) is 6.10 Å². The van der Waals surface area contributed by atoms with Gasteiger partial charge in [-0.1, -0.05) is 30.3 Å². The molecule has 0 radical (unpaired) electrons. The average Bonchev–Trinajstić information content (AvgIpc) is 2.71. The highest BCUT2D eigenvalue weighted by Crippen LogP contribution is 2.35. The molecule has 4 rings (SSSR count). The van der Waals surface area contributed by atoms with Gasteiger partial charge in [0.25, 0.3) is 11.8 Å². The highest BCUT2D eigenvalue weighted by Gasteiger charge is 2.35. The van der Waals surface area contributed by atoms with Crippen molar-refractivity contribution < 1.29 is 14.3 Å². The fourth-order valence-electron chi connectivity index (χ4n) is 3.37. The van der Waals surface area contributed by atoms with E-state index in [9.17, 15) is 14.4 Å². The molecule has 142 valence electrons. The first-order chi connectivity index (χ1) is 13.5. The topological polar surface area (TPSA) is 82.7 Å². The summed E-state index contributed by atoms with van der Waals surface area (Å²) in [5.74, 6) is -0.130. The summed E-state index contributed by atoms with van der Waals surface area (Å²) in [5.41, 5.74) is 1.08. The number of benzene rings is 2. The van der Waals surface area contributed by atoms with Gasteiger partial charge in [-0.15, -0.1) is 0 Å². The summed E-state index contributed by atoms with van der Waals surface area (Å²) in [5, 5.41) is 0.645. The number of fused-ring (bicyclic) bond motifs is 2. The lowest BCUT2D eigenvalue weighted by Gasteiger charge is -2.35. The second-order valence-corrected chi connectivity index (χ2v) is 6.82. The molecule has 0 spiro atoms. The molecular formula is C21H19N3O4. The Morgan fingerprint density at radius 1 is 1.11 bits per heavy atom. The molecule has 1 aliphatic rings. The van der Waals surface area contributed by atoms with Gasteiger partial charge in [0.1, 0.15) is 5.75 Å². The van der Waals surface area contributed by atoms with Crippen molar-refractivity contribution in [1.82, 2.24) is 9.88 Å². The van der Waals surface area contributed by atoms with Crippen molar-refractivity contribution in [3.05, 3.63) is 70.5 Å². The van der Waals surface area contributed by atoms with Gasteiger partial charge in [0.2, 0.25) is 5.56 Å². The van der Waals surface area contributed by atoms with E-state index in [4.69, 9.17) is 4.74 Å². The molecule has 1 aromatic heterocycles. The van der Waals surface area contributed by atoms with Gasteiger partial charge in [0.05, 0.1) is 17.8 Å². The fraction of sp³-hybridized carbons (Fsp3) is 0.190. The van der Waals surface area contributed by atoms with Crippen LogP contribution in [0.2, 0.25) is 0 Å². The molecule has 2 amide bonds. The number of nitrogens with one attached hydrogen (secondary N) is 1. The summed E-state index contributed by atoms with van der Waals surface area (Å²) < 4.78 is 5.83. The third-order valence-electron chi connectivity index (χ3n) is 4.72. The molecule has 0 aliphatic carbocycles.